The lowest BCUT2D eigenvalue weighted by Gasteiger charge is -2.29. The average Bonchev–Trinajstić information content (AvgIpc) is 2.91. The summed E-state index contributed by atoms with van der Waals surface area (Å²) < 4.78 is 18.6. The third kappa shape index (κ3) is 3.93. The Balaban J connectivity index is 1.96. The zero-order chi connectivity index (χ0) is 14.4. The fourth-order valence-electron chi connectivity index (χ4n) is 2.69. The van der Waals surface area contributed by atoms with Crippen LogP contribution in [-0.4, -0.2) is 38.9 Å². The number of ether oxygens (including phenoxy) is 1. The predicted octanol–water partition coefficient (Wildman–Crippen LogP) is 2.67. The minimum atomic E-state index is -0.184. The van der Waals surface area contributed by atoms with Crippen molar-refractivity contribution in [1.82, 2.24) is 5.32 Å². The van der Waals surface area contributed by atoms with E-state index in [0.717, 1.165) is 45.0 Å². The number of hydrogen-bond acceptors (Lipinski definition) is 3. The van der Waals surface area contributed by atoms with Gasteiger partial charge in [-0.1, -0.05) is 6.92 Å². The fourth-order valence-corrected chi connectivity index (χ4v) is 2.69. The number of nitrogens with one attached hydrogen (secondary N) is 1. The maximum absolute atomic E-state index is 13.0. The normalized spacial score (nSPS) is 22.1. The van der Waals surface area contributed by atoms with Gasteiger partial charge in [0, 0.05) is 30.7 Å². The predicted molar refractivity (Wildman–Crippen MR) is 80.7 cm³/mol. The molecule has 2 unspecified atom stereocenters. The van der Waals surface area contributed by atoms with E-state index in [9.17, 15) is 4.39 Å². The summed E-state index contributed by atoms with van der Waals surface area (Å²) in [5.41, 5.74) is 1.08. The largest absolute Gasteiger partial charge is 0.379 e. The summed E-state index contributed by atoms with van der Waals surface area (Å²) in [6.07, 6.45) is 1.14. The lowest BCUT2D eigenvalue weighted by Crippen LogP contribution is -2.42. The molecule has 2 rings (SSSR count). The van der Waals surface area contributed by atoms with Crippen molar-refractivity contribution in [3.63, 3.8) is 0 Å². The molecule has 3 nitrogen and oxygen atoms in total. The summed E-state index contributed by atoms with van der Waals surface area (Å²) in [5, 5.41) is 3.56. The minimum Gasteiger partial charge on any atom is -0.379 e. The standard InChI is InChI=1S/C16H25FN2O/c1-3-9-18-16-12-20-11-13(16)10-19(4-2)15-7-5-14(17)6-8-15/h5-8,13,16,18H,3-4,9-12H2,1-2H3. The van der Waals surface area contributed by atoms with Crippen molar-refractivity contribution < 1.29 is 9.13 Å². The van der Waals surface area contributed by atoms with Crippen LogP contribution in [0.25, 0.3) is 0 Å². The smallest absolute Gasteiger partial charge is 0.123 e. The maximum Gasteiger partial charge on any atom is 0.123 e. The van der Waals surface area contributed by atoms with E-state index in [4.69, 9.17) is 4.74 Å². The Kier molecular flexibility index (Phi) is 5.80. The average molecular weight is 280 g/mol. The highest BCUT2D eigenvalue weighted by atomic mass is 19.1. The highest BCUT2D eigenvalue weighted by molar-refractivity contribution is 5.46. The molecule has 0 amide bonds. The molecule has 112 valence electrons. The molecule has 1 aliphatic heterocycles. The van der Waals surface area contributed by atoms with Gasteiger partial charge < -0.3 is 15.0 Å². The number of nitrogens with zero attached hydrogens (tertiary/aromatic N) is 1. The molecular weight excluding hydrogens is 255 g/mol. The fraction of sp³-hybridized carbons (Fsp3) is 0.625. The molecule has 0 spiro atoms. The summed E-state index contributed by atoms with van der Waals surface area (Å²) in [7, 11) is 0. The van der Waals surface area contributed by atoms with Gasteiger partial charge in [-0.3, -0.25) is 0 Å². The second-order valence-electron chi connectivity index (χ2n) is 5.37. The number of benzene rings is 1. The first-order valence-corrected chi connectivity index (χ1v) is 7.56. The van der Waals surface area contributed by atoms with Gasteiger partial charge in [-0.2, -0.15) is 0 Å². The monoisotopic (exact) mass is 280 g/mol. The van der Waals surface area contributed by atoms with E-state index in [1.807, 2.05) is 12.1 Å². The zero-order valence-electron chi connectivity index (χ0n) is 12.4. The van der Waals surface area contributed by atoms with Crippen molar-refractivity contribution in [2.75, 3.05) is 37.7 Å². The van der Waals surface area contributed by atoms with Crippen molar-refractivity contribution >= 4 is 5.69 Å². The van der Waals surface area contributed by atoms with Gasteiger partial charge in [-0.05, 0) is 44.2 Å². The van der Waals surface area contributed by atoms with Gasteiger partial charge in [0.1, 0.15) is 5.82 Å². The molecule has 1 aromatic carbocycles. The van der Waals surface area contributed by atoms with E-state index in [1.165, 1.54) is 12.1 Å². The van der Waals surface area contributed by atoms with Crippen LogP contribution in [0.2, 0.25) is 0 Å². The molecule has 0 aromatic heterocycles. The molecule has 1 heterocycles. The molecule has 0 saturated carbocycles. The molecule has 0 radical (unpaired) electrons. The summed E-state index contributed by atoms with van der Waals surface area (Å²) in [5.74, 6) is 0.308. The number of rotatable bonds is 7. The van der Waals surface area contributed by atoms with Crippen LogP contribution in [0.3, 0.4) is 0 Å². The van der Waals surface area contributed by atoms with Crippen molar-refractivity contribution in [2.45, 2.75) is 26.3 Å². The Morgan fingerprint density at radius 2 is 2.00 bits per heavy atom. The Morgan fingerprint density at radius 1 is 1.25 bits per heavy atom. The number of anilines is 1. The first-order valence-electron chi connectivity index (χ1n) is 7.56. The van der Waals surface area contributed by atoms with Gasteiger partial charge in [-0.25, -0.2) is 4.39 Å². The molecule has 1 aliphatic rings. The van der Waals surface area contributed by atoms with Crippen molar-refractivity contribution in [2.24, 2.45) is 5.92 Å². The molecule has 1 fully saturated rings. The zero-order valence-corrected chi connectivity index (χ0v) is 12.4. The van der Waals surface area contributed by atoms with E-state index >= 15 is 0 Å². The topological polar surface area (TPSA) is 24.5 Å². The maximum atomic E-state index is 13.0. The van der Waals surface area contributed by atoms with E-state index in [-0.39, 0.29) is 5.82 Å². The van der Waals surface area contributed by atoms with Crippen LogP contribution in [0, 0.1) is 11.7 Å². The quantitative estimate of drug-likeness (QED) is 0.831. The molecule has 0 aliphatic carbocycles. The Morgan fingerprint density at radius 3 is 2.65 bits per heavy atom. The van der Waals surface area contributed by atoms with Gasteiger partial charge in [-0.15, -0.1) is 0 Å². The Bertz CT molecular complexity index is 396. The summed E-state index contributed by atoms with van der Waals surface area (Å²) in [6.45, 7) is 8.81. The Hall–Kier alpha value is -1.13. The molecule has 20 heavy (non-hydrogen) atoms. The van der Waals surface area contributed by atoms with Crippen molar-refractivity contribution in [3.05, 3.63) is 30.1 Å². The third-order valence-corrected chi connectivity index (χ3v) is 3.88. The molecule has 1 saturated heterocycles. The molecule has 2 atom stereocenters. The van der Waals surface area contributed by atoms with Gasteiger partial charge in [0.2, 0.25) is 0 Å². The van der Waals surface area contributed by atoms with Gasteiger partial charge in [0.05, 0.1) is 13.2 Å². The van der Waals surface area contributed by atoms with Crippen LogP contribution in [0.4, 0.5) is 10.1 Å². The lowest BCUT2D eigenvalue weighted by molar-refractivity contribution is 0.183. The van der Waals surface area contributed by atoms with Crippen molar-refractivity contribution in [1.29, 1.82) is 0 Å². The molecule has 1 N–H and O–H groups in total. The van der Waals surface area contributed by atoms with Gasteiger partial charge >= 0.3 is 0 Å². The first kappa shape index (κ1) is 15.3. The molecular formula is C16H25FN2O. The van der Waals surface area contributed by atoms with Crippen LogP contribution in [0.1, 0.15) is 20.3 Å². The highest BCUT2D eigenvalue weighted by Crippen LogP contribution is 2.20. The van der Waals surface area contributed by atoms with Crippen molar-refractivity contribution in [3.8, 4) is 0 Å². The first-order chi connectivity index (χ1) is 9.74. The second kappa shape index (κ2) is 7.60. The lowest BCUT2D eigenvalue weighted by atomic mass is 10.0. The summed E-state index contributed by atoms with van der Waals surface area (Å²) in [4.78, 5) is 2.29. The van der Waals surface area contributed by atoms with E-state index in [1.54, 1.807) is 0 Å². The number of hydrogen-bond donors (Lipinski definition) is 1. The SMILES string of the molecule is CCCNC1COCC1CN(CC)c1ccc(F)cc1. The van der Waals surface area contributed by atoms with Crippen LogP contribution in [0.5, 0.6) is 0 Å². The number of halogens is 1. The van der Waals surface area contributed by atoms with Gasteiger partial charge in [0.15, 0.2) is 0 Å². The minimum absolute atomic E-state index is 0.184. The summed E-state index contributed by atoms with van der Waals surface area (Å²) in [6, 6.07) is 7.18. The Labute approximate surface area is 121 Å². The second-order valence-corrected chi connectivity index (χ2v) is 5.37. The highest BCUT2D eigenvalue weighted by Gasteiger charge is 2.29. The van der Waals surface area contributed by atoms with E-state index < -0.39 is 0 Å². The van der Waals surface area contributed by atoms with E-state index in [2.05, 4.69) is 24.1 Å². The van der Waals surface area contributed by atoms with Crippen LogP contribution in [0.15, 0.2) is 24.3 Å². The van der Waals surface area contributed by atoms with Crippen LogP contribution >= 0.6 is 0 Å². The molecule has 0 bridgehead atoms. The van der Waals surface area contributed by atoms with E-state index in [0.29, 0.717) is 12.0 Å². The van der Waals surface area contributed by atoms with Crippen LogP contribution < -0.4 is 10.2 Å². The summed E-state index contributed by atoms with van der Waals surface area (Å²) >= 11 is 0. The third-order valence-electron chi connectivity index (χ3n) is 3.88. The molecule has 4 heteroatoms. The van der Waals surface area contributed by atoms with Crippen LogP contribution in [-0.2, 0) is 4.74 Å². The van der Waals surface area contributed by atoms with Gasteiger partial charge in [0.25, 0.3) is 0 Å². The molecule has 1 aromatic rings.